The van der Waals surface area contributed by atoms with Crippen LogP contribution in [0.25, 0.3) is 0 Å². The molecule has 296 valence electrons. The Morgan fingerprint density at radius 1 is 0.717 bits per heavy atom. The summed E-state index contributed by atoms with van der Waals surface area (Å²) in [6, 6.07) is 11.3. The topological polar surface area (TPSA) is 256 Å². The highest BCUT2D eigenvalue weighted by Crippen LogP contribution is 2.23. The van der Waals surface area contributed by atoms with Gasteiger partial charge in [-0.25, -0.2) is 21.1 Å². The van der Waals surface area contributed by atoms with Crippen LogP contribution in [0.15, 0.2) is 36.4 Å². The molecule has 2 fully saturated rings. The number of hydrogen-bond acceptors (Lipinski definition) is 11. The number of hydrogen-bond donors (Lipinski definition) is 5. The van der Waals surface area contributed by atoms with Crippen LogP contribution in [-0.4, -0.2) is 93.3 Å². The highest BCUT2D eigenvalue weighted by atomic mass is 35.7. The lowest BCUT2D eigenvalue weighted by Gasteiger charge is -2.36. The molecule has 2 heterocycles. The van der Waals surface area contributed by atoms with Gasteiger partial charge in [-0.1, -0.05) is 36.4 Å². The highest BCUT2D eigenvalue weighted by Gasteiger charge is 2.39. The number of Topliss-reactive ketones (excluding diaryl/α,β-unsaturated/α-hetero) is 2. The summed E-state index contributed by atoms with van der Waals surface area (Å²) in [6.07, 6.45) is 3.38. The molecule has 0 atom stereocenters. The molecular weight excluding hydrogens is 744 g/mol. The predicted octanol–water partition coefficient (Wildman–Crippen LogP) is 1.07. The average molecular weight is 799 g/mol. The van der Waals surface area contributed by atoms with Crippen LogP contribution in [0.5, 0.6) is 0 Å². The van der Waals surface area contributed by atoms with Crippen molar-refractivity contribution in [2.45, 2.75) is 90.1 Å². The Morgan fingerprint density at radius 2 is 1.11 bits per heavy atom. The largest absolute Gasteiger partial charge is 0.368 e. The molecule has 2 aliphatic rings. The van der Waals surface area contributed by atoms with E-state index >= 15 is 0 Å². The lowest BCUT2D eigenvalue weighted by Crippen LogP contribution is -2.59. The lowest BCUT2D eigenvalue weighted by molar-refractivity contribution is -0.124. The molecule has 14 nitrogen and oxygen atoms in total. The first kappa shape index (κ1) is 45.9. The molecule has 0 saturated carbocycles. The van der Waals surface area contributed by atoms with E-state index in [0.29, 0.717) is 38.5 Å². The van der Waals surface area contributed by atoms with Crippen LogP contribution < -0.4 is 28.3 Å². The standard InChI is InChI=1S/C18H27N3O4S.C12H15ClO3S.C6H13N3O/c1-13-11-15(12-14(2)22)3-4-16(13)5-10-26(24,25)21-8-6-18(20,7-9-21)17(19)23;1-9-7-11(8-10(2)14)3-4-12(9)5-6-17(13,15)16;7-5(10)6(8)1-3-9-4-2-6/h3-4,11H,5-10,12,20H2,1-2H3,(H2,19,23);3-4,7H,5-6,8H2,1-2H3;9H,1-4,8H2,(H2,7,10). The zero-order chi connectivity index (χ0) is 40.2. The number of nitrogens with one attached hydrogen (secondary N) is 1. The van der Waals surface area contributed by atoms with E-state index in [-0.39, 0.29) is 54.9 Å². The second kappa shape index (κ2) is 19.9. The number of aryl methyl sites for hydroxylation is 4. The maximum Gasteiger partial charge on any atom is 0.237 e. The second-order valence-corrected chi connectivity index (χ2v) is 19.0. The van der Waals surface area contributed by atoms with Crippen molar-refractivity contribution in [3.63, 3.8) is 0 Å². The molecule has 0 radical (unpaired) electrons. The monoisotopic (exact) mass is 798 g/mol. The van der Waals surface area contributed by atoms with Gasteiger partial charge in [-0.2, -0.15) is 0 Å². The Morgan fingerprint density at radius 3 is 1.45 bits per heavy atom. The molecule has 17 heteroatoms. The number of benzene rings is 2. The molecule has 4 rings (SSSR count). The van der Waals surface area contributed by atoms with Gasteiger partial charge in [0.1, 0.15) is 11.6 Å². The van der Waals surface area contributed by atoms with Gasteiger partial charge < -0.3 is 28.3 Å². The molecule has 53 heavy (non-hydrogen) atoms. The summed E-state index contributed by atoms with van der Waals surface area (Å²) in [5, 5.41) is 3.11. The number of carbonyl (C=O) groups excluding carboxylic acids is 4. The fraction of sp³-hybridized carbons (Fsp3) is 0.556. The number of carbonyl (C=O) groups is 4. The number of primary amides is 2. The molecule has 9 N–H and O–H groups in total. The summed E-state index contributed by atoms with van der Waals surface area (Å²) in [5.74, 6) is -0.836. The summed E-state index contributed by atoms with van der Waals surface area (Å²) in [4.78, 5) is 44.3. The van der Waals surface area contributed by atoms with E-state index in [0.717, 1.165) is 46.5 Å². The van der Waals surface area contributed by atoms with E-state index in [1.54, 1.807) is 13.8 Å². The summed E-state index contributed by atoms with van der Waals surface area (Å²) in [7, 11) is -1.72. The minimum Gasteiger partial charge on any atom is -0.368 e. The van der Waals surface area contributed by atoms with Gasteiger partial charge >= 0.3 is 0 Å². The fourth-order valence-corrected chi connectivity index (χ4v) is 8.17. The quantitative estimate of drug-likeness (QED) is 0.179. The van der Waals surface area contributed by atoms with Crippen molar-refractivity contribution in [1.29, 1.82) is 0 Å². The second-order valence-electron chi connectivity index (χ2n) is 14.0. The first-order valence-electron chi connectivity index (χ1n) is 17.4. The van der Waals surface area contributed by atoms with Gasteiger partial charge in [-0.05, 0) is 113 Å². The Labute approximate surface area is 318 Å². The maximum atomic E-state index is 12.6. The number of nitrogens with zero attached hydrogens (tertiary/aromatic N) is 1. The van der Waals surface area contributed by atoms with Crippen molar-refractivity contribution in [2.75, 3.05) is 37.7 Å². The molecule has 2 aromatic carbocycles. The number of rotatable bonds is 13. The first-order chi connectivity index (χ1) is 24.5. The summed E-state index contributed by atoms with van der Waals surface area (Å²) in [6.45, 7) is 8.91. The van der Waals surface area contributed by atoms with Gasteiger partial charge in [0.15, 0.2) is 0 Å². The zero-order valence-corrected chi connectivity index (χ0v) is 33.5. The molecule has 0 bridgehead atoms. The van der Waals surface area contributed by atoms with Crippen molar-refractivity contribution in [3.05, 3.63) is 69.8 Å². The van der Waals surface area contributed by atoms with Gasteiger partial charge in [0.05, 0.1) is 22.6 Å². The number of nitrogens with two attached hydrogens (primary N) is 4. The molecule has 2 aromatic rings. The fourth-order valence-electron chi connectivity index (χ4n) is 6.00. The molecular formula is C36H55ClN6O8S2. The third kappa shape index (κ3) is 15.6. The van der Waals surface area contributed by atoms with E-state index < -0.39 is 36.1 Å². The van der Waals surface area contributed by atoms with E-state index in [4.69, 9.17) is 33.6 Å². The minimum atomic E-state index is -3.45. The van der Waals surface area contributed by atoms with Crippen molar-refractivity contribution in [1.82, 2.24) is 9.62 Å². The Bertz CT molecular complexity index is 1840. The van der Waals surface area contributed by atoms with E-state index in [2.05, 4.69) is 5.32 Å². The third-order valence-corrected chi connectivity index (χ3v) is 12.5. The average Bonchev–Trinajstić information content (AvgIpc) is 3.04. The molecule has 2 amide bonds. The summed E-state index contributed by atoms with van der Waals surface area (Å²) >= 11 is 0. The van der Waals surface area contributed by atoms with Crippen LogP contribution in [-0.2, 0) is 63.9 Å². The SMILES string of the molecule is CC(=O)Cc1ccc(CCS(=O)(=O)Cl)c(C)c1.CC(=O)Cc1ccc(CCS(=O)(=O)N2CCC(N)(C(N)=O)CC2)c(C)c1.NC(=O)C1(N)CCNCC1. The van der Waals surface area contributed by atoms with Crippen LogP contribution in [0, 0.1) is 13.8 Å². The first-order valence-corrected chi connectivity index (χ1v) is 21.5. The van der Waals surface area contributed by atoms with Crippen LogP contribution in [0.2, 0.25) is 0 Å². The highest BCUT2D eigenvalue weighted by molar-refractivity contribution is 8.13. The minimum absolute atomic E-state index is 0.00591. The smallest absolute Gasteiger partial charge is 0.237 e. The van der Waals surface area contributed by atoms with Gasteiger partial charge in [-0.15, -0.1) is 0 Å². The molecule has 0 spiro atoms. The van der Waals surface area contributed by atoms with Crippen LogP contribution in [0.3, 0.4) is 0 Å². The predicted molar refractivity (Wildman–Crippen MR) is 207 cm³/mol. The number of piperidine rings is 2. The van der Waals surface area contributed by atoms with Crippen molar-refractivity contribution in [2.24, 2.45) is 22.9 Å². The zero-order valence-electron chi connectivity index (χ0n) is 31.1. The number of sulfonamides is 1. The van der Waals surface area contributed by atoms with E-state index in [1.807, 2.05) is 50.2 Å². The molecule has 0 aliphatic carbocycles. The number of ketones is 2. The molecule has 0 unspecified atom stereocenters. The van der Waals surface area contributed by atoms with E-state index in [9.17, 15) is 36.0 Å². The van der Waals surface area contributed by atoms with Crippen molar-refractivity contribution < 1.29 is 36.0 Å². The molecule has 2 aliphatic heterocycles. The normalized spacial score (nSPS) is 17.0. The summed E-state index contributed by atoms with van der Waals surface area (Å²) < 4.78 is 48.3. The van der Waals surface area contributed by atoms with Gasteiger partial charge in [0.2, 0.25) is 30.9 Å². The van der Waals surface area contributed by atoms with Gasteiger partial charge in [0, 0.05) is 36.6 Å². The third-order valence-electron chi connectivity index (χ3n) is 9.45. The molecule has 2 saturated heterocycles. The van der Waals surface area contributed by atoms with Crippen LogP contribution in [0.4, 0.5) is 0 Å². The molecule has 0 aromatic heterocycles. The number of amides is 2. The number of halogens is 1. The van der Waals surface area contributed by atoms with Gasteiger partial charge in [-0.3, -0.25) is 19.2 Å². The Balaban J connectivity index is 0.000000307. The van der Waals surface area contributed by atoms with Crippen molar-refractivity contribution >= 4 is 53.1 Å². The van der Waals surface area contributed by atoms with Gasteiger partial charge in [0.25, 0.3) is 0 Å². The van der Waals surface area contributed by atoms with Crippen LogP contribution in [0.1, 0.15) is 72.9 Å². The lowest BCUT2D eigenvalue weighted by atomic mass is 9.89. The van der Waals surface area contributed by atoms with Crippen LogP contribution >= 0.6 is 10.7 Å². The maximum absolute atomic E-state index is 12.6. The Hall–Kier alpha value is -3.25. The Kier molecular flexibility index (Phi) is 17.2. The van der Waals surface area contributed by atoms with E-state index in [1.165, 1.54) is 4.31 Å². The summed E-state index contributed by atoms with van der Waals surface area (Å²) in [5.41, 5.74) is 25.9. The van der Waals surface area contributed by atoms with Crippen molar-refractivity contribution in [3.8, 4) is 0 Å².